The van der Waals surface area contributed by atoms with Gasteiger partial charge in [0, 0.05) is 11.1 Å². The third kappa shape index (κ3) is 5.86. The lowest BCUT2D eigenvalue weighted by molar-refractivity contribution is -0.384. The molecule has 0 radical (unpaired) electrons. The average molecular weight is 500 g/mol. The van der Waals surface area contributed by atoms with E-state index in [2.05, 4.69) is 15.2 Å². The van der Waals surface area contributed by atoms with Crippen molar-refractivity contribution < 1.29 is 13.3 Å². The number of halogens is 3. The zero-order valence-corrected chi connectivity index (χ0v) is 18.5. The number of hydrazone groups is 1. The zero-order chi connectivity index (χ0) is 22.6. The third-order valence-electron chi connectivity index (χ3n) is 3.90. The Morgan fingerprint density at radius 1 is 0.968 bits per heavy atom. The van der Waals surface area contributed by atoms with Crippen molar-refractivity contribution in [2.75, 3.05) is 10.1 Å². The van der Waals surface area contributed by atoms with Gasteiger partial charge in [-0.2, -0.15) is 5.10 Å². The van der Waals surface area contributed by atoms with E-state index in [1.807, 2.05) is 0 Å². The summed E-state index contributed by atoms with van der Waals surface area (Å²) in [5.41, 5.74) is 2.89. The molecular formula is C19H13Cl3N4O4S. The lowest BCUT2D eigenvalue weighted by Gasteiger charge is -2.09. The van der Waals surface area contributed by atoms with E-state index < -0.39 is 20.6 Å². The van der Waals surface area contributed by atoms with Crippen LogP contribution in [0.15, 0.2) is 70.7 Å². The van der Waals surface area contributed by atoms with Crippen molar-refractivity contribution in [3.8, 4) is 0 Å². The van der Waals surface area contributed by atoms with Crippen LogP contribution < -0.4 is 10.1 Å². The van der Waals surface area contributed by atoms with Crippen molar-refractivity contribution in [3.63, 3.8) is 0 Å². The Hall–Kier alpha value is -2.85. The van der Waals surface area contributed by atoms with Gasteiger partial charge in [0.15, 0.2) is 0 Å². The van der Waals surface area contributed by atoms with Gasteiger partial charge in [-0.25, -0.2) is 8.42 Å². The Kier molecular flexibility index (Phi) is 7.01. The molecule has 12 heteroatoms. The van der Waals surface area contributed by atoms with Gasteiger partial charge >= 0.3 is 0 Å². The Bertz CT molecular complexity index is 1280. The van der Waals surface area contributed by atoms with E-state index >= 15 is 0 Å². The molecule has 0 aliphatic heterocycles. The Morgan fingerprint density at radius 3 is 2.42 bits per heavy atom. The van der Waals surface area contributed by atoms with E-state index in [0.717, 1.165) is 6.07 Å². The summed E-state index contributed by atoms with van der Waals surface area (Å²) < 4.78 is 27.5. The van der Waals surface area contributed by atoms with Gasteiger partial charge in [-0.1, -0.05) is 46.9 Å². The minimum Gasteiger partial charge on any atom is -0.280 e. The number of nitro benzene ring substituents is 1. The fourth-order valence-electron chi connectivity index (χ4n) is 2.46. The van der Waals surface area contributed by atoms with E-state index in [0.29, 0.717) is 20.6 Å². The summed E-state index contributed by atoms with van der Waals surface area (Å²) in [5, 5.41) is 16.5. The molecule has 0 saturated carbocycles. The van der Waals surface area contributed by atoms with Crippen molar-refractivity contribution in [3.05, 3.63) is 91.4 Å². The summed E-state index contributed by atoms with van der Waals surface area (Å²) in [6.07, 6.45) is 1.39. The number of sulfonamides is 1. The fraction of sp³-hybridized carbons (Fsp3) is 0. The predicted octanol–water partition coefficient (Wildman–Crippen LogP) is 5.80. The zero-order valence-electron chi connectivity index (χ0n) is 15.4. The first-order valence-corrected chi connectivity index (χ1v) is 11.1. The van der Waals surface area contributed by atoms with Crippen LogP contribution in [0.4, 0.5) is 17.1 Å². The largest absolute Gasteiger partial charge is 0.295 e. The second kappa shape index (κ2) is 9.52. The number of nitro groups is 1. The summed E-state index contributed by atoms with van der Waals surface area (Å²) >= 11 is 17.6. The smallest absolute Gasteiger partial charge is 0.280 e. The van der Waals surface area contributed by atoms with Gasteiger partial charge in [-0.15, -0.1) is 0 Å². The highest BCUT2D eigenvalue weighted by atomic mass is 35.5. The van der Waals surface area contributed by atoms with Gasteiger partial charge in [0.05, 0.1) is 31.8 Å². The maximum absolute atomic E-state index is 12.6. The molecule has 0 bridgehead atoms. The number of nitrogens with zero attached hydrogens (tertiary/aromatic N) is 2. The quantitative estimate of drug-likeness (QED) is 0.242. The van der Waals surface area contributed by atoms with Gasteiger partial charge < -0.3 is 0 Å². The number of hydrogen-bond acceptors (Lipinski definition) is 6. The van der Waals surface area contributed by atoms with Crippen LogP contribution in [-0.2, 0) is 10.0 Å². The number of hydrogen-bond donors (Lipinski definition) is 2. The lowest BCUT2D eigenvalue weighted by atomic mass is 10.2. The number of anilines is 2. The van der Waals surface area contributed by atoms with Crippen LogP contribution >= 0.6 is 34.8 Å². The van der Waals surface area contributed by atoms with Crippen LogP contribution in [0.5, 0.6) is 0 Å². The van der Waals surface area contributed by atoms with Crippen molar-refractivity contribution in [1.29, 1.82) is 0 Å². The Labute approximate surface area is 192 Å². The molecule has 3 rings (SSSR count). The topological polar surface area (TPSA) is 114 Å². The van der Waals surface area contributed by atoms with Crippen LogP contribution in [0.2, 0.25) is 15.1 Å². The van der Waals surface area contributed by atoms with Crippen molar-refractivity contribution >= 4 is 68.1 Å². The minimum atomic E-state index is -4.08. The van der Waals surface area contributed by atoms with Crippen LogP contribution in [0.25, 0.3) is 0 Å². The van der Waals surface area contributed by atoms with Crippen LogP contribution in [0.1, 0.15) is 5.56 Å². The van der Waals surface area contributed by atoms with Gasteiger partial charge in [-0.05, 0) is 48.0 Å². The summed E-state index contributed by atoms with van der Waals surface area (Å²) in [4.78, 5) is 10.5. The van der Waals surface area contributed by atoms with Crippen molar-refractivity contribution in [2.24, 2.45) is 5.10 Å². The summed E-state index contributed by atoms with van der Waals surface area (Å²) in [6.45, 7) is 0. The van der Waals surface area contributed by atoms with Crippen LogP contribution in [0, 0.1) is 10.1 Å². The number of nitrogens with one attached hydrogen (secondary N) is 2. The predicted molar refractivity (Wildman–Crippen MR) is 123 cm³/mol. The molecular weight excluding hydrogens is 487 g/mol. The minimum absolute atomic E-state index is 0.00279. The SMILES string of the molecule is O=[N+]([O-])c1cc(S(=O)(=O)Nc2cccc(Cl)c2)ccc1NN=Cc1ccc(Cl)c(Cl)c1. The molecule has 0 heterocycles. The summed E-state index contributed by atoms with van der Waals surface area (Å²) in [6, 6.07) is 14.3. The molecule has 8 nitrogen and oxygen atoms in total. The summed E-state index contributed by atoms with van der Waals surface area (Å²) in [7, 11) is -4.08. The highest BCUT2D eigenvalue weighted by molar-refractivity contribution is 7.92. The normalized spacial score (nSPS) is 11.5. The van der Waals surface area contributed by atoms with Crippen molar-refractivity contribution in [2.45, 2.75) is 4.90 Å². The molecule has 0 aliphatic rings. The monoisotopic (exact) mass is 498 g/mol. The molecule has 0 saturated heterocycles. The molecule has 31 heavy (non-hydrogen) atoms. The van der Waals surface area contributed by atoms with E-state index in [1.165, 1.54) is 30.5 Å². The molecule has 0 spiro atoms. The van der Waals surface area contributed by atoms with E-state index in [-0.39, 0.29) is 16.3 Å². The van der Waals surface area contributed by atoms with Gasteiger partial charge in [-0.3, -0.25) is 20.3 Å². The Morgan fingerprint density at radius 2 is 1.74 bits per heavy atom. The maximum Gasteiger partial charge on any atom is 0.295 e. The molecule has 2 N–H and O–H groups in total. The number of rotatable bonds is 7. The third-order valence-corrected chi connectivity index (χ3v) is 6.25. The first-order chi connectivity index (χ1) is 14.7. The summed E-state index contributed by atoms with van der Waals surface area (Å²) in [5.74, 6) is 0. The van der Waals surface area contributed by atoms with Gasteiger partial charge in [0.2, 0.25) is 0 Å². The van der Waals surface area contributed by atoms with Gasteiger partial charge in [0.25, 0.3) is 15.7 Å². The second-order valence-corrected chi connectivity index (χ2v) is 9.03. The maximum atomic E-state index is 12.6. The molecule has 160 valence electrons. The average Bonchev–Trinajstić information content (AvgIpc) is 2.70. The van der Waals surface area contributed by atoms with E-state index in [4.69, 9.17) is 34.8 Å². The van der Waals surface area contributed by atoms with Crippen molar-refractivity contribution in [1.82, 2.24) is 0 Å². The Balaban J connectivity index is 1.84. The highest BCUT2D eigenvalue weighted by Gasteiger charge is 2.21. The number of benzene rings is 3. The lowest BCUT2D eigenvalue weighted by Crippen LogP contribution is -2.13. The molecule has 3 aromatic rings. The molecule has 0 aliphatic carbocycles. The first kappa shape index (κ1) is 22.8. The standard InChI is InChI=1S/C19H13Cl3N4O4S/c20-13-2-1-3-14(9-13)25-31(29,30)15-5-7-18(19(10-15)26(27)28)24-23-11-12-4-6-16(21)17(22)8-12/h1-11,24-25H. The molecule has 0 fully saturated rings. The fourth-order valence-corrected chi connectivity index (χ4v) is 4.03. The molecule has 3 aromatic carbocycles. The van der Waals surface area contributed by atoms with E-state index in [9.17, 15) is 18.5 Å². The highest BCUT2D eigenvalue weighted by Crippen LogP contribution is 2.29. The molecule has 0 amide bonds. The molecule has 0 unspecified atom stereocenters. The molecule has 0 aromatic heterocycles. The van der Waals surface area contributed by atoms with Gasteiger partial charge in [0.1, 0.15) is 5.69 Å². The first-order valence-electron chi connectivity index (χ1n) is 8.47. The second-order valence-electron chi connectivity index (χ2n) is 6.10. The molecule has 0 atom stereocenters. The van der Waals surface area contributed by atoms with Crippen LogP contribution in [0.3, 0.4) is 0 Å². The van der Waals surface area contributed by atoms with Crippen LogP contribution in [-0.4, -0.2) is 19.6 Å². The van der Waals surface area contributed by atoms with E-state index in [1.54, 1.807) is 30.3 Å².